The molecule has 0 spiro atoms. The van der Waals surface area contributed by atoms with E-state index in [9.17, 15) is 4.79 Å². The largest absolute Gasteiger partial charge is 0.373 e. The number of aromatic nitrogens is 2. The number of rotatable bonds is 2. The number of morpholine rings is 1. The maximum absolute atomic E-state index is 12.4. The minimum absolute atomic E-state index is 0.0249. The summed E-state index contributed by atoms with van der Waals surface area (Å²) in [6, 6.07) is 0.0774. The molecule has 0 amide bonds. The van der Waals surface area contributed by atoms with Gasteiger partial charge in [-0.25, -0.2) is 4.98 Å². The molecule has 6 heteroatoms. The molecule has 5 nitrogen and oxygen atoms in total. The molecule has 1 saturated heterocycles. The average molecular weight is 321 g/mol. The molecule has 1 fully saturated rings. The monoisotopic (exact) mass is 321 g/mol. The summed E-state index contributed by atoms with van der Waals surface area (Å²) in [5.74, 6) is 0.750. The van der Waals surface area contributed by atoms with Crippen molar-refractivity contribution in [3.05, 3.63) is 26.6 Å². The molecule has 2 aromatic heterocycles. The van der Waals surface area contributed by atoms with E-state index in [1.807, 2.05) is 13.8 Å². The van der Waals surface area contributed by atoms with Gasteiger partial charge >= 0.3 is 0 Å². The molecule has 1 N–H and O–H groups in total. The summed E-state index contributed by atoms with van der Waals surface area (Å²) in [6.07, 6.45) is 0.403. The molecule has 2 aromatic rings. The van der Waals surface area contributed by atoms with Gasteiger partial charge in [-0.1, -0.05) is 0 Å². The molecule has 3 atom stereocenters. The van der Waals surface area contributed by atoms with Gasteiger partial charge in [-0.2, -0.15) is 0 Å². The van der Waals surface area contributed by atoms with Crippen LogP contribution in [0.2, 0.25) is 0 Å². The Labute approximate surface area is 134 Å². The Morgan fingerprint density at radius 2 is 1.95 bits per heavy atom. The number of ether oxygens (including phenoxy) is 1. The summed E-state index contributed by atoms with van der Waals surface area (Å²) in [6.45, 7) is 12.0. The SMILES string of the molecule is Cc1sc2nc(C(C)N3CC(C)OC(C)C3)[nH]c(=O)c2c1C. The van der Waals surface area contributed by atoms with Crippen LogP contribution in [-0.2, 0) is 4.74 Å². The standard InChI is InChI=1S/C16H23N3O2S/c1-8-6-19(7-9(2)21-8)11(4)14-17-15(20)13-10(3)12(5)22-16(13)18-14/h8-9,11H,6-7H2,1-5H3,(H,17,18,20). The molecule has 0 saturated carbocycles. The molecule has 0 radical (unpaired) electrons. The third-order valence-corrected chi connectivity index (χ3v) is 5.55. The summed E-state index contributed by atoms with van der Waals surface area (Å²) in [5.41, 5.74) is 1.02. The topological polar surface area (TPSA) is 58.2 Å². The Morgan fingerprint density at radius 1 is 1.32 bits per heavy atom. The van der Waals surface area contributed by atoms with Crippen LogP contribution in [0.25, 0.3) is 10.2 Å². The maximum atomic E-state index is 12.4. The molecule has 3 heterocycles. The lowest BCUT2D eigenvalue weighted by molar-refractivity contribution is -0.0797. The highest BCUT2D eigenvalue weighted by Gasteiger charge is 2.28. The minimum Gasteiger partial charge on any atom is -0.373 e. The maximum Gasteiger partial charge on any atom is 0.259 e. The van der Waals surface area contributed by atoms with Crippen LogP contribution >= 0.6 is 11.3 Å². The zero-order valence-corrected chi connectivity index (χ0v) is 14.6. The van der Waals surface area contributed by atoms with Crippen molar-refractivity contribution in [3.8, 4) is 0 Å². The summed E-state index contributed by atoms with van der Waals surface area (Å²) in [5, 5.41) is 0.738. The lowest BCUT2D eigenvalue weighted by Gasteiger charge is -2.38. The molecule has 0 aliphatic carbocycles. The number of aryl methyl sites for hydroxylation is 2. The Morgan fingerprint density at radius 3 is 2.59 bits per heavy atom. The summed E-state index contributed by atoms with van der Waals surface area (Å²) < 4.78 is 5.78. The lowest BCUT2D eigenvalue weighted by atomic mass is 10.1. The first-order chi connectivity index (χ1) is 10.4. The van der Waals surface area contributed by atoms with Crippen LogP contribution < -0.4 is 5.56 Å². The van der Waals surface area contributed by atoms with Gasteiger partial charge in [0.25, 0.3) is 5.56 Å². The van der Waals surface area contributed by atoms with E-state index < -0.39 is 0 Å². The van der Waals surface area contributed by atoms with Crippen molar-refractivity contribution in [1.82, 2.24) is 14.9 Å². The van der Waals surface area contributed by atoms with Crippen molar-refractivity contribution in [3.63, 3.8) is 0 Å². The second-order valence-electron chi connectivity index (χ2n) is 6.30. The quantitative estimate of drug-likeness (QED) is 0.924. The van der Waals surface area contributed by atoms with E-state index in [1.54, 1.807) is 11.3 Å². The molecular formula is C16H23N3O2S. The van der Waals surface area contributed by atoms with Gasteiger partial charge < -0.3 is 9.72 Å². The van der Waals surface area contributed by atoms with Gasteiger partial charge in [0.05, 0.1) is 23.6 Å². The second kappa shape index (κ2) is 5.76. The molecule has 0 bridgehead atoms. The molecule has 0 aromatic carbocycles. The van der Waals surface area contributed by atoms with Crippen LogP contribution in [0.3, 0.4) is 0 Å². The highest BCUT2D eigenvalue weighted by molar-refractivity contribution is 7.18. The van der Waals surface area contributed by atoms with Gasteiger partial charge in [0, 0.05) is 18.0 Å². The number of fused-ring (bicyclic) bond motifs is 1. The Kier molecular flexibility index (Phi) is 4.09. The fourth-order valence-electron chi connectivity index (χ4n) is 3.18. The van der Waals surface area contributed by atoms with E-state index in [-0.39, 0.29) is 23.8 Å². The number of aromatic amines is 1. The van der Waals surface area contributed by atoms with E-state index in [4.69, 9.17) is 9.72 Å². The number of hydrogen-bond acceptors (Lipinski definition) is 5. The van der Waals surface area contributed by atoms with Gasteiger partial charge in [0.1, 0.15) is 10.7 Å². The molecule has 1 aliphatic heterocycles. The predicted molar refractivity (Wildman–Crippen MR) is 89.7 cm³/mol. The van der Waals surface area contributed by atoms with E-state index in [2.05, 4.69) is 30.7 Å². The van der Waals surface area contributed by atoms with Crippen LogP contribution in [0.1, 0.15) is 43.1 Å². The third kappa shape index (κ3) is 2.71. The Balaban J connectivity index is 1.97. The summed E-state index contributed by atoms with van der Waals surface area (Å²) in [4.78, 5) is 24.5. The molecule has 3 unspecified atom stereocenters. The van der Waals surface area contributed by atoms with E-state index in [0.29, 0.717) is 0 Å². The molecular weight excluding hydrogens is 298 g/mol. The van der Waals surface area contributed by atoms with Crippen LogP contribution in [0.4, 0.5) is 0 Å². The molecule has 22 heavy (non-hydrogen) atoms. The van der Waals surface area contributed by atoms with Crippen LogP contribution in [0.15, 0.2) is 4.79 Å². The van der Waals surface area contributed by atoms with Crippen molar-refractivity contribution in [1.29, 1.82) is 0 Å². The Hall–Kier alpha value is -1.24. The van der Waals surface area contributed by atoms with Crippen LogP contribution in [0, 0.1) is 13.8 Å². The third-order valence-electron chi connectivity index (χ3n) is 4.45. The van der Waals surface area contributed by atoms with Crippen LogP contribution in [0.5, 0.6) is 0 Å². The first kappa shape index (κ1) is 15.6. The molecule has 1 aliphatic rings. The van der Waals surface area contributed by atoms with E-state index in [1.165, 1.54) is 0 Å². The van der Waals surface area contributed by atoms with Crippen molar-refractivity contribution in [2.75, 3.05) is 13.1 Å². The first-order valence-electron chi connectivity index (χ1n) is 7.76. The van der Waals surface area contributed by atoms with E-state index >= 15 is 0 Å². The van der Waals surface area contributed by atoms with Gasteiger partial charge in [-0.3, -0.25) is 9.69 Å². The summed E-state index contributed by atoms with van der Waals surface area (Å²) in [7, 11) is 0. The average Bonchev–Trinajstić information content (AvgIpc) is 2.72. The summed E-state index contributed by atoms with van der Waals surface area (Å²) >= 11 is 1.60. The lowest BCUT2D eigenvalue weighted by Crippen LogP contribution is -2.46. The van der Waals surface area contributed by atoms with Gasteiger partial charge in [-0.15, -0.1) is 11.3 Å². The van der Waals surface area contributed by atoms with E-state index in [0.717, 1.165) is 39.6 Å². The number of nitrogens with one attached hydrogen (secondary N) is 1. The van der Waals surface area contributed by atoms with Crippen molar-refractivity contribution in [2.45, 2.75) is 52.9 Å². The number of hydrogen-bond donors (Lipinski definition) is 1. The molecule has 3 rings (SSSR count). The van der Waals surface area contributed by atoms with Gasteiger partial charge in [-0.05, 0) is 40.2 Å². The van der Waals surface area contributed by atoms with Gasteiger partial charge in [0.2, 0.25) is 0 Å². The minimum atomic E-state index is -0.0249. The second-order valence-corrected chi connectivity index (χ2v) is 7.50. The normalized spacial score (nSPS) is 24.8. The predicted octanol–water partition coefficient (Wildman–Crippen LogP) is 2.77. The molecule has 120 valence electrons. The zero-order chi connectivity index (χ0) is 16.0. The van der Waals surface area contributed by atoms with Crippen molar-refractivity contribution >= 4 is 21.6 Å². The number of H-pyrrole nitrogens is 1. The first-order valence-corrected chi connectivity index (χ1v) is 8.58. The van der Waals surface area contributed by atoms with Crippen LogP contribution in [-0.4, -0.2) is 40.2 Å². The van der Waals surface area contributed by atoms with Crippen molar-refractivity contribution < 1.29 is 4.74 Å². The highest BCUT2D eigenvalue weighted by atomic mass is 32.1. The fraction of sp³-hybridized carbons (Fsp3) is 0.625. The number of thiophene rings is 1. The smallest absolute Gasteiger partial charge is 0.259 e. The Bertz CT molecular complexity index is 742. The van der Waals surface area contributed by atoms with Gasteiger partial charge in [0.15, 0.2) is 0 Å². The fourth-order valence-corrected chi connectivity index (χ4v) is 4.21. The zero-order valence-electron chi connectivity index (χ0n) is 13.8. The highest BCUT2D eigenvalue weighted by Crippen LogP contribution is 2.28. The number of nitrogens with zero attached hydrogens (tertiary/aromatic N) is 2. The van der Waals surface area contributed by atoms with Crippen molar-refractivity contribution in [2.24, 2.45) is 0 Å².